The smallest absolute Gasteiger partial charge is 0.355 e. The molecule has 0 bridgehead atoms. The minimum atomic E-state index is -1.10. The van der Waals surface area contributed by atoms with Gasteiger partial charge in [-0.15, -0.1) is 11.8 Å². The first-order valence-electron chi connectivity index (χ1n) is 9.21. The summed E-state index contributed by atoms with van der Waals surface area (Å²) in [5, 5.41) is 22.8. The Morgan fingerprint density at radius 1 is 1.26 bits per heavy atom. The third kappa shape index (κ3) is 4.23. The highest BCUT2D eigenvalue weighted by Crippen LogP contribution is 2.41. The van der Waals surface area contributed by atoms with Crippen molar-refractivity contribution in [1.82, 2.24) is 25.0 Å². The zero-order valence-corrected chi connectivity index (χ0v) is 19.8. The van der Waals surface area contributed by atoms with Crippen LogP contribution in [0.25, 0.3) is 27.5 Å². The van der Waals surface area contributed by atoms with Gasteiger partial charge in [-0.25, -0.2) is 9.78 Å². The number of carboxylic acids is 1. The van der Waals surface area contributed by atoms with E-state index in [1.165, 1.54) is 16.0 Å². The van der Waals surface area contributed by atoms with Crippen LogP contribution in [0.2, 0.25) is 10.0 Å². The first kappa shape index (κ1) is 21.9. The summed E-state index contributed by atoms with van der Waals surface area (Å²) in [4.78, 5) is 17.0. The van der Waals surface area contributed by atoms with Gasteiger partial charge in [0.2, 0.25) is 5.13 Å². The molecule has 3 aromatic heterocycles. The lowest BCUT2D eigenvalue weighted by Gasteiger charge is -2.05. The summed E-state index contributed by atoms with van der Waals surface area (Å²) >= 11 is 15.3. The van der Waals surface area contributed by atoms with Crippen LogP contribution < -0.4 is 0 Å². The summed E-state index contributed by atoms with van der Waals surface area (Å²) in [5.41, 5.74) is 3.28. The number of thioether (sulfide) groups is 1. The monoisotopic (exact) mass is 493 g/mol. The normalized spacial score (nSPS) is 11.4. The number of carbonyl (C=O) groups is 1. The van der Waals surface area contributed by atoms with Crippen LogP contribution in [0, 0.1) is 6.92 Å². The first-order valence-corrected chi connectivity index (χ1v) is 11.7. The average Bonchev–Trinajstić information content (AvgIpc) is 3.41. The fourth-order valence-electron chi connectivity index (χ4n) is 3.10. The second kappa shape index (κ2) is 8.66. The molecular formula is C20H17Cl2N5O2S2. The molecule has 0 radical (unpaired) electrons. The number of carboxylic acid groups (broad SMARTS) is 1. The number of hydrogen-bond donors (Lipinski definition) is 2. The molecule has 0 saturated carbocycles. The van der Waals surface area contributed by atoms with Gasteiger partial charge in [0.15, 0.2) is 5.69 Å². The maximum atomic E-state index is 12.2. The molecule has 0 atom stereocenters. The number of aromatic nitrogens is 5. The van der Waals surface area contributed by atoms with Crippen LogP contribution >= 0.6 is 46.3 Å². The van der Waals surface area contributed by atoms with Gasteiger partial charge < -0.3 is 5.11 Å². The van der Waals surface area contributed by atoms with E-state index in [1.807, 2.05) is 6.07 Å². The fourth-order valence-corrected chi connectivity index (χ4v) is 5.88. The van der Waals surface area contributed by atoms with Gasteiger partial charge in [-0.2, -0.15) is 14.9 Å². The quantitative estimate of drug-likeness (QED) is 0.310. The maximum absolute atomic E-state index is 12.2. The standard InChI is InChI=1S/C20H17Cl2N5O2S2/c1-9(2)30-19-16(11-4-5-13(21)14(22)6-11)25-20(31-19)27-17(18(28)29)15(10(3)26-27)12-7-23-24-8-12/h4-9H,1-3H3,(H,23,24)(H,28,29). The molecule has 7 nitrogen and oxygen atoms in total. The van der Waals surface area contributed by atoms with E-state index in [4.69, 9.17) is 28.2 Å². The van der Waals surface area contributed by atoms with Gasteiger partial charge in [-0.05, 0) is 19.1 Å². The molecule has 4 rings (SSSR count). The van der Waals surface area contributed by atoms with Crippen molar-refractivity contribution in [2.75, 3.05) is 0 Å². The number of aryl methyl sites for hydroxylation is 1. The lowest BCUT2D eigenvalue weighted by molar-refractivity contribution is 0.0688. The topological polar surface area (TPSA) is 96.7 Å². The number of thiazole rings is 1. The molecule has 11 heteroatoms. The number of H-pyrrole nitrogens is 1. The number of hydrogen-bond acceptors (Lipinski definition) is 6. The molecule has 0 fully saturated rings. The van der Waals surface area contributed by atoms with Crippen LogP contribution in [-0.2, 0) is 0 Å². The van der Waals surface area contributed by atoms with Gasteiger partial charge in [0.1, 0.15) is 0 Å². The van der Waals surface area contributed by atoms with Gasteiger partial charge in [0, 0.05) is 28.1 Å². The summed E-state index contributed by atoms with van der Waals surface area (Å²) in [6.07, 6.45) is 3.22. The molecule has 4 aromatic rings. The van der Waals surface area contributed by atoms with Crippen molar-refractivity contribution < 1.29 is 9.90 Å². The van der Waals surface area contributed by atoms with E-state index in [1.54, 1.807) is 43.2 Å². The Morgan fingerprint density at radius 2 is 2.03 bits per heavy atom. The number of aromatic amines is 1. The van der Waals surface area contributed by atoms with Gasteiger partial charge in [0.05, 0.1) is 31.8 Å². The second-order valence-electron chi connectivity index (χ2n) is 6.94. The summed E-state index contributed by atoms with van der Waals surface area (Å²) < 4.78 is 2.33. The van der Waals surface area contributed by atoms with Gasteiger partial charge in [-0.1, -0.05) is 54.5 Å². The lowest BCUT2D eigenvalue weighted by Crippen LogP contribution is -2.08. The number of nitrogens with zero attached hydrogens (tertiary/aromatic N) is 4. The van der Waals surface area contributed by atoms with E-state index in [0.717, 1.165) is 9.77 Å². The second-order valence-corrected chi connectivity index (χ2v) is 10.6. The molecule has 31 heavy (non-hydrogen) atoms. The third-order valence-electron chi connectivity index (χ3n) is 4.35. The third-order valence-corrected chi connectivity index (χ3v) is 7.33. The van der Waals surface area contributed by atoms with E-state index < -0.39 is 5.97 Å². The van der Waals surface area contributed by atoms with Crippen molar-refractivity contribution in [1.29, 1.82) is 0 Å². The number of nitrogens with one attached hydrogen (secondary N) is 1. The zero-order valence-electron chi connectivity index (χ0n) is 16.7. The van der Waals surface area contributed by atoms with E-state index in [-0.39, 0.29) is 5.69 Å². The Labute approximate surface area is 196 Å². The summed E-state index contributed by atoms with van der Waals surface area (Å²) in [6, 6.07) is 5.33. The SMILES string of the molecule is Cc1nn(-c2nc(-c3ccc(Cl)c(Cl)c3)c(SC(C)C)s2)c(C(=O)O)c1-c1cn[nH]c1. The Bertz CT molecular complexity index is 1270. The summed E-state index contributed by atoms with van der Waals surface area (Å²) in [7, 11) is 0. The summed E-state index contributed by atoms with van der Waals surface area (Å²) in [6.45, 7) is 5.93. The minimum Gasteiger partial charge on any atom is -0.476 e. The predicted molar refractivity (Wildman–Crippen MR) is 125 cm³/mol. The molecule has 0 saturated heterocycles. The lowest BCUT2D eigenvalue weighted by atomic mass is 10.1. The van der Waals surface area contributed by atoms with Gasteiger partial charge in [-0.3, -0.25) is 5.10 Å². The van der Waals surface area contributed by atoms with Crippen LogP contribution in [0.3, 0.4) is 0 Å². The molecule has 2 N–H and O–H groups in total. The fraction of sp³-hybridized carbons (Fsp3) is 0.200. The van der Waals surface area contributed by atoms with E-state index >= 15 is 0 Å². The average molecular weight is 494 g/mol. The molecule has 0 aliphatic carbocycles. The molecule has 1 aromatic carbocycles. The predicted octanol–water partition coefficient (Wildman–Crippen LogP) is 6.20. The highest BCUT2D eigenvalue weighted by atomic mass is 35.5. The molecule has 0 aliphatic heterocycles. The van der Waals surface area contributed by atoms with Crippen LogP contribution in [0.15, 0.2) is 34.8 Å². The van der Waals surface area contributed by atoms with Crippen LogP contribution in [0.1, 0.15) is 30.0 Å². The van der Waals surface area contributed by atoms with Crippen molar-refractivity contribution in [3.63, 3.8) is 0 Å². The zero-order chi connectivity index (χ0) is 22.3. The summed E-state index contributed by atoms with van der Waals surface area (Å²) in [5.74, 6) is -1.10. The Hall–Kier alpha value is -2.33. The van der Waals surface area contributed by atoms with Crippen molar-refractivity contribution in [3.8, 4) is 27.5 Å². The Morgan fingerprint density at radius 3 is 2.65 bits per heavy atom. The number of halogens is 2. The molecule has 0 unspecified atom stereocenters. The highest BCUT2D eigenvalue weighted by Gasteiger charge is 2.27. The molecule has 0 spiro atoms. The van der Waals surface area contributed by atoms with E-state index in [2.05, 4.69) is 29.1 Å². The van der Waals surface area contributed by atoms with Crippen LogP contribution in [-0.4, -0.2) is 41.3 Å². The molecule has 0 aliphatic rings. The molecule has 0 amide bonds. The number of benzene rings is 1. The van der Waals surface area contributed by atoms with Gasteiger partial charge in [0.25, 0.3) is 0 Å². The Kier molecular flexibility index (Phi) is 6.11. The molecule has 160 valence electrons. The maximum Gasteiger partial charge on any atom is 0.355 e. The highest BCUT2D eigenvalue weighted by molar-refractivity contribution is 8.01. The van der Waals surface area contributed by atoms with Crippen molar-refractivity contribution in [3.05, 3.63) is 52.0 Å². The van der Waals surface area contributed by atoms with Crippen LogP contribution in [0.5, 0.6) is 0 Å². The Balaban J connectivity index is 1.91. The van der Waals surface area contributed by atoms with Crippen molar-refractivity contribution in [2.45, 2.75) is 30.2 Å². The van der Waals surface area contributed by atoms with Crippen molar-refractivity contribution in [2.24, 2.45) is 0 Å². The van der Waals surface area contributed by atoms with Gasteiger partial charge >= 0.3 is 5.97 Å². The van der Waals surface area contributed by atoms with Crippen molar-refractivity contribution >= 4 is 52.3 Å². The largest absolute Gasteiger partial charge is 0.476 e. The molecule has 3 heterocycles. The van der Waals surface area contributed by atoms with Crippen LogP contribution in [0.4, 0.5) is 0 Å². The minimum absolute atomic E-state index is 0.0365. The molecular weight excluding hydrogens is 477 g/mol. The van der Waals surface area contributed by atoms with E-state index in [9.17, 15) is 9.90 Å². The van der Waals surface area contributed by atoms with E-state index in [0.29, 0.717) is 42.9 Å². The number of rotatable bonds is 6. The first-order chi connectivity index (χ1) is 14.8. The number of aromatic carboxylic acids is 1.